The van der Waals surface area contributed by atoms with Gasteiger partial charge in [-0.05, 0) is 12.1 Å². The third-order valence-electron chi connectivity index (χ3n) is 2.48. The van der Waals surface area contributed by atoms with Gasteiger partial charge in [-0.2, -0.15) is 0 Å². The normalized spacial score (nSPS) is 11.4. The Labute approximate surface area is 112 Å². The monoisotopic (exact) mass is 287 g/mol. The van der Waals surface area contributed by atoms with E-state index in [0.717, 1.165) is 4.31 Å². The molecule has 0 aliphatic rings. The van der Waals surface area contributed by atoms with E-state index in [1.807, 2.05) is 0 Å². The van der Waals surface area contributed by atoms with Crippen molar-refractivity contribution >= 4 is 27.4 Å². The molecule has 19 heavy (non-hydrogen) atoms. The Morgan fingerprint density at radius 3 is 2.58 bits per heavy atom. The first-order valence-corrected chi connectivity index (χ1v) is 6.86. The van der Waals surface area contributed by atoms with Crippen molar-refractivity contribution < 1.29 is 17.9 Å². The highest BCUT2D eigenvalue weighted by molar-refractivity contribution is 7.89. The number of methoxy groups -OCH3 is 1. The van der Waals surface area contributed by atoms with Gasteiger partial charge in [0, 0.05) is 14.1 Å². The van der Waals surface area contributed by atoms with Gasteiger partial charge < -0.3 is 15.8 Å². The maximum atomic E-state index is 12.0. The Balaban J connectivity index is 3.09. The number of sulfonamides is 1. The topological polar surface area (TPSA) is 102 Å². The predicted octanol–water partition coefficient (Wildman–Crippen LogP) is 0.104. The standard InChI is InChI=1S/C11H17N3O4S/c1-14(2)19(16,17)9-6-4-5-8(11(9)12)13-7-10(15)18-3/h4-6,13H,7,12H2,1-3H3. The van der Waals surface area contributed by atoms with Gasteiger partial charge in [0.25, 0.3) is 0 Å². The number of ether oxygens (including phenoxy) is 1. The summed E-state index contributed by atoms with van der Waals surface area (Å²) in [6.07, 6.45) is 0. The van der Waals surface area contributed by atoms with Crippen LogP contribution >= 0.6 is 0 Å². The summed E-state index contributed by atoms with van der Waals surface area (Å²) in [5, 5.41) is 2.73. The summed E-state index contributed by atoms with van der Waals surface area (Å²) < 4.78 is 29.6. The van der Waals surface area contributed by atoms with E-state index in [1.54, 1.807) is 12.1 Å². The van der Waals surface area contributed by atoms with E-state index in [-0.39, 0.29) is 17.1 Å². The van der Waals surface area contributed by atoms with Crippen molar-refractivity contribution in [2.24, 2.45) is 0 Å². The molecule has 0 fully saturated rings. The fourth-order valence-electron chi connectivity index (χ4n) is 1.36. The molecule has 0 aliphatic heterocycles. The predicted molar refractivity (Wildman–Crippen MR) is 72.2 cm³/mol. The second kappa shape index (κ2) is 5.89. The number of carbonyl (C=O) groups is 1. The highest BCUT2D eigenvalue weighted by Gasteiger charge is 2.21. The first-order chi connectivity index (χ1) is 8.80. The molecule has 0 heterocycles. The first-order valence-electron chi connectivity index (χ1n) is 5.42. The third kappa shape index (κ3) is 3.36. The van der Waals surface area contributed by atoms with Crippen molar-refractivity contribution in [3.05, 3.63) is 18.2 Å². The Morgan fingerprint density at radius 2 is 2.05 bits per heavy atom. The van der Waals surface area contributed by atoms with Crippen molar-refractivity contribution in [3.8, 4) is 0 Å². The summed E-state index contributed by atoms with van der Waals surface area (Å²) in [6, 6.07) is 4.55. The van der Waals surface area contributed by atoms with Gasteiger partial charge in [0.1, 0.15) is 11.4 Å². The number of nitrogens with two attached hydrogens (primary N) is 1. The van der Waals surface area contributed by atoms with Crippen LogP contribution in [0.15, 0.2) is 23.1 Å². The van der Waals surface area contributed by atoms with Crippen molar-refractivity contribution in [1.82, 2.24) is 4.31 Å². The number of anilines is 2. The molecule has 0 spiro atoms. The van der Waals surface area contributed by atoms with Crippen molar-refractivity contribution in [1.29, 1.82) is 0 Å². The maximum Gasteiger partial charge on any atom is 0.325 e. The van der Waals surface area contributed by atoms with Gasteiger partial charge in [0.15, 0.2) is 0 Å². The van der Waals surface area contributed by atoms with Crippen molar-refractivity contribution in [2.45, 2.75) is 4.90 Å². The Kier molecular flexibility index (Phi) is 4.73. The van der Waals surface area contributed by atoms with Crippen LogP contribution in [-0.4, -0.2) is 46.4 Å². The van der Waals surface area contributed by atoms with Gasteiger partial charge >= 0.3 is 5.97 Å². The molecule has 0 atom stereocenters. The number of nitrogens with one attached hydrogen (secondary N) is 1. The van der Waals surface area contributed by atoms with Gasteiger partial charge in [0.2, 0.25) is 10.0 Å². The van der Waals surface area contributed by atoms with E-state index in [0.29, 0.717) is 5.69 Å². The lowest BCUT2D eigenvalue weighted by atomic mass is 10.2. The summed E-state index contributed by atoms with van der Waals surface area (Å²) in [7, 11) is 0.482. The fourth-order valence-corrected chi connectivity index (χ4v) is 2.39. The SMILES string of the molecule is COC(=O)CNc1cccc(S(=O)(=O)N(C)C)c1N. The van der Waals surface area contributed by atoms with E-state index in [1.165, 1.54) is 27.3 Å². The molecule has 1 rings (SSSR count). The number of benzene rings is 1. The van der Waals surface area contributed by atoms with Crippen LogP contribution in [0.5, 0.6) is 0 Å². The third-order valence-corrected chi connectivity index (χ3v) is 4.35. The van der Waals surface area contributed by atoms with E-state index < -0.39 is 16.0 Å². The lowest BCUT2D eigenvalue weighted by Crippen LogP contribution is -2.24. The number of hydrogen-bond donors (Lipinski definition) is 2. The summed E-state index contributed by atoms with van der Waals surface area (Å²) in [6.45, 7) is -0.0911. The van der Waals surface area contributed by atoms with Crippen LogP contribution in [0.3, 0.4) is 0 Å². The zero-order chi connectivity index (χ0) is 14.6. The molecule has 0 saturated carbocycles. The molecule has 0 aromatic heterocycles. The Bertz CT molecular complexity index is 569. The molecule has 0 saturated heterocycles. The van der Waals surface area contributed by atoms with Crippen LogP contribution in [0.25, 0.3) is 0 Å². The highest BCUT2D eigenvalue weighted by atomic mass is 32.2. The average Bonchev–Trinajstić information content (AvgIpc) is 2.36. The summed E-state index contributed by atoms with van der Waals surface area (Å²) in [5.41, 5.74) is 6.25. The summed E-state index contributed by atoms with van der Waals surface area (Å²) in [4.78, 5) is 11.0. The second-order valence-electron chi connectivity index (χ2n) is 3.93. The van der Waals surface area contributed by atoms with E-state index in [4.69, 9.17) is 5.73 Å². The largest absolute Gasteiger partial charge is 0.468 e. The number of nitrogen functional groups attached to an aromatic ring is 1. The molecular formula is C11H17N3O4S. The molecule has 0 amide bonds. The zero-order valence-corrected chi connectivity index (χ0v) is 11.8. The van der Waals surface area contributed by atoms with Gasteiger partial charge in [-0.1, -0.05) is 6.07 Å². The Morgan fingerprint density at radius 1 is 1.42 bits per heavy atom. The molecule has 0 aliphatic carbocycles. The molecule has 1 aromatic rings. The van der Waals surface area contributed by atoms with Crippen molar-refractivity contribution in [3.63, 3.8) is 0 Å². The van der Waals surface area contributed by atoms with Crippen LogP contribution in [0.1, 0.15) is 0 Å². The Hall–Kier alpha value is -1.80. The van der Waals surface area contributed by atoms with Gasteiger partial charge in [0.05, 0.1) is 18.5 Å². The number of rotatable bonds is 5. The molecule has 0 unspecified atom stereocenters. The number of carbonyl (C=O) groups excluding carboxylic acids is 1. The minimum atomic E-state index is -3.62. The lowest BCUT2D eigenvalue weighted by Gasteiger charge is -2.16. The van der Waals surface area contributed by atoms with Crippen LogP contribution in [0.4, 0.5) is 11.4 Å². The van der Waals surface area contributed by atoms with Crippen LogP contribution < -0.4 is 11.1 Å². The minimum Gasteiger partial charge on any atom is -0.468 e. The zero-order valence-electron chi connectivity index (χ0n) is 11.0. The molecule has 106 valence electrons. The smallest absolute Gasteiger partial charge is 0.325 e. The number of esters is 1. The van der Waals surface area contributed by atoms with Crippen LogP contribution in [0.2, 0.25) is 0 Å². The summed E-state index contributed by atoms with van der Waals surface area (Å²) in [5.74, 6) is -0.472. The molecule has 0 bridgehead atoms. The van der Waals surface area contributed by atoms with Crippen LogP contribution in [-0.2, 0) is 19.6 Å². The van der Waals surface area contributed by atoms with Crippen LogP contribution in [0, 0.1) is 0 Å². The number of nitrogens with zero attached hydrogens (tertiary/aromatic N) is 1. The quantitative estimate of drug-likeness (QED) is 0.588. The number of hydrogen-bond acceptors (Lipinski definition) is 6. The molecule has 8 heteroatoms. The highest BCUT2D eigenvalue weighted by Crippen LogP contribution is 2.27. The molecular weight excluding hydrogens is 270 g/mol. The lowest BCUT2D eigenvalue weighted by molar-refractivity contribution is -0.138. The molecule has 7 nitrogen and oxygen atoms in total. The summed E-state index contributed by atoms with van der Waals surface area (Å²) >= 11 is 0. The molecule has 3 N–H and O–H groups in total. The molecule has 0 radical (unpaired) electrons. The van der Waals surface area contributed by atoms with E-state index in [2.05, 4.69) is 10.1 Å². The van der Waals surface area contributed by atoms with E-state index in [9.17, 15) is 13.2 Å². The second-order valence-corrected chi connectivity index (χ2v) is 6.05. The average molecular weight is 287 g/mol. The fraction of sp³-hybridized carbons (Fsp3) is 0.364. The molecule has 1 aromatic carbocycles. The maximum absolute atomic E-state index is 12.0. The number of para-hydroxylation sites is 1. The van der Waals surface area contributed by atoms with Gasteiger partial charge in [-0.3, -0.25) is 4.79 Å². The van der Waals surface area contributed by atoms with Gasteiger partial charge in [-0.25, -0.2) is 12.7 Å². The van der Waals surface area contributed by atoms with Crippen molar-refractivity contribution in [2.75, 3.05) is 38.8 Å². The first kappa shape index (κ1) is 15.3. The minimum absolute atomic E-state index is 0.00707. The van der Waals surface area contributed by atoms with E-state index >= 15 is 0 Å². The van der Waals surface area contributed by atoms with Gasteiger partial charge in [-0.15, -0.1) is 0 Å².